The second-order valence-electron chi connectivity index (χ2n) is 6.35. The second kappa shape index (κ2) is 6.95. The van der Waals surface area contributed by atoms with Gasteiger partial charge in [-0.05, 0) is 36.2 Å². The first-order chi connectivity index (χ1) is 12.3. The fourth-order valence-electron chi connectivity index (χ4n) is 2.98. The Morgan fingerprint density at radius 1 is 1.08 bits per heavy atom. The summed E-state index contributed by atoms with van der Waals surface area (Å²) in [6.45, 7) is 3.77. The molecule has 0 spiro atoms. The van der Waals surface area contributed by atoms with Crippen molar-refractivity contribution in [3.05, 3.63) is 89.9 Å². The average Bonchev–Trinajstić information content (AvgIpc) is 3.29. The predicted octanol–water partition coefficient (Wildman–Crippen LogP) is 4.53. The van der Waals surface area contributed by atoms with Gasteiger partial charge >= 0.3 is 0 Å². The molecule has 0 radical (unpaired) electrons. The first kappa shape index (κ1) is 15.7. The number of rotatable bonds is 6. The number of benzene rings is 2. The molecule has 4 rings (SSSR count). The quantitative estimate of drug-likeness (QED) is 0.564. The first-order valence-electron chi connectivity index (χ1n) is 8.54. The number of hydrogen-bond acceptors (Lipinski definition) is 3. The van der Waals surface area contributed by atoms with Crippen LogP contribution in [0.15, 0.2) is 77.7 Å². The minimum absolute atomic E-state index is 0.240. The lowest BCUT2D eigenvalue weighted by atomic mass is 10.1. The lowest BCUT2D eigenvalue weighted by Crippen LogP contribution is -2.17. The van der Waals surface area contributed by atoms with E-state index < -0.39 is 0 Å². The van der Waals surface area contributed by atoms with Gasteiger partial charge in [0.15, 0.2) is 0 Å². The van der Waals surface area contributed by atoms with E-state index in [1.54, 1.807) is 6.26 Å². The van der Waals surface area contributed by atoms with E-state index in [9.17, 15) is 0 Å². The molecule has 0 saturated heterocycles. The average molecular weight is 331 g/mol. The molecule has 0 saturated carbocycles. The fourth-order valence-corrected chi connectivity index (χ4v) is 2.98. The van der Waals surface area contributed by atoms with Gasteiger partial charge in [0.05, 0.1) is 19.0 Å². The van der Waals surface area contributed by atoms with Crippen LogP contribution >= 0.6 is 0 Å². The number of nitrogens with zero attached hydrogens (tertiary/aromatic N) is 2. The number of aromatic nitrogens is 2. The van der Waals surface area contributed by atoms with E-state index in [0.717, 1.165) is 24.1 Å². The number of fused-ring (bicyclic) bond motifs is 1. The molecule has 0 amide bonds. The molecule has 25 heavy (non-hydrogen) atoms. The summed E-state index contributed by atoms with van der Waals surface area (Å²) in [6.07, 6.45) is 5.79. The van der Waals surface area contributed by atoms with Crippen LogP contribution < -0.4 is 5.32 Å². The first-order valence-corrected chi connectivity index (χ1v) is 8.54. The number of nitrogens with one attached hydrogen (secondary N) is 1. The molecule has 2 heterocycles. The molecule has 0 aliphatic carbocycles. The zero-order valence-corrected chi connectivity index (χ0v) is 14.2. The van der Waals surface area contributed by atoms with Gasteiger partial charge in [0.25, 0.3) is 0 Å². The zero-order valence-electron chi connectivity index (χ0n) is 14.2. The maximum atomic E-state index is 5.39. The van der Waals surface area contributed by atoms with Gasteiger partial charge in [0.2, 0.25) is 0 Å². The summed E-state index contributed by atoms with van der Waals surface area (Å²) >= 11 is 0. The van der Waals surface area contributed by atoms with Crippen molar-refractivity contribution in [2.45, 2.75) is 26.1 Å². The number of furan rings is 1. The third-order valence-corrected chi connectivity index (χ3v) is 4.47. The van der Waals surface area contributed by atoms with Gasteiger partial charge in [-0.15, -0.1) is 0 Å². The Kier molecular flexibility index (Phi) is 4.36. The summed E-state index contributed by atoms with van der Waals surface area (Å²) in [4.78, 5) is 0. The third-order valence-electron chi connectivity index (χ3n) is 4.47. The van der Waals surface area contributed by atoms with Gasteiger partial charge in [0, 0.05) is 29.7 Å². The van der Waals surface area contributed by atoms with Gasteiger partial charge in [-0.25, -0.2) is 0 Å². The van der Waals surface area contributed by atoms with Crippen molar-refractivity contribution >= 4 is 11.0 Å². The molecule has 4 heteroatoms. The monoisotopic (exact) mass is 331 g/mol. The van der Waals surface area contributed by atoms with Gasteiger partial charge in [-0.2, -0.15) is 5.10 Å². The topological polar surface area (TPSA) is 43.0 Å². The highest BCUT2D eigenvalue weighted by Crippen LogP contribution is 2.18. The molecule has 0 bridgehead atoms. The Bertz CT molecular complexity index is 955. The highest BCUT2D eigenvalue weighted by molar-refractivity contribution is 5.77. The predicted molar refractivity (Wildman–Crippen MR) is 99.2 cm³/mol. The fraction of sp³-hybridized carbons (Fsp3) is 0.190. The molecular formula is C21H21N3O. The Balaban J connectivity index is 1.38. The van der Waals surface area contributed by atoms with Crippen molar-refractivity contribution in [2.24, 2.45) is 0 Å². The molecule has 2 aromatic heterocycles. The van der Waals surface area contributed by atoms with Crippen LogP contribution in [0.2, 0.25) is 0 Å². The summed E-state index contributed by atoms with van der Waals surface area (Å²) in [5.74, 6) is 0. The molecule has 0 aliphatic rings. The van der Waals surface area contributed by atoms with E-state index >= 15 is 0 Å². The minimum Gasteiger partial charge on any atom is -0.464 e. The van der Waals surface area contributed by atoms with Crippen LogP contribution in [0, 0.1) is 0 Å². The van der Waals surface area contributed by atoms with Gasteiger partial charge in [-0.1, -0.05) is 36.4 Å². The third kappa shape index (κ3) is 3.64. The molecule has 4 nitrogen and oxygen atoms in total. The lowest BCUT2D eigenvalue weighted by Gasteiger charge is -2.12. The van der Waals surface area contributed by atoms with Crippen molar-refractivity contribution in [1.29, 1.82) is 0 Å². The minimum atomic E-state index is 0.240. The molecule has 4 aromatic rings. The highest BCUT2D eigenvalue weighted by Gasteiger charge is 2.08. The van der Waals surface area contributed by atoms with Crippen LogP contribution in [0.5, 0.6) is 0 Å². The Morgan fingerprint density at radius 2 is 1.96 bits per heavy atom. The Morgan fingerprint density at radius 3 is 2.84 bits per heavy atom. The van der Waals surface area contributed by atoms with Gasteiger partial charge < -0.3 is 9.73 Å². The van der Waals surface area contributed by atoms with Crippen molar-refractivity contribution in [1.82, 2.24) is 15.1 Å². The Labute approximate surface area is 147 Å². The summed E-state index contributed by atoms with van der Waals surface area (Å²) in [6, 6.07) is 18.9. The summed E-state index contributed by atoms with van der Waals surface area (Å²) in [5, 5.41) is 9.19. The molecule has 0 aliphatic heterocycles. The van der Waals surface area contributed by atoms with Crippen LogP contribution in [-0.2, 0) is 13.1 Å². The van der Waals surface area contributed by atoms with Gasteiger partial charge in [-0.3, -0.25) is 4.68 Å². The zero-order chi connectivity index (χ0) is 17.1. The maximum absolute atomic E-state index is 5.39. The molecule has 0 fully saturated rings. The molecule has 1 atom stereocenters. The molecule has 1 unspecified atom stereocenters. The SMILES string of the molecule is CC(NCc1ccc2occc2c1)c1cnn(Cc2ccccc2)c1. The maximum Gasteiger partial charge on any atom is 0.133 e. The normalized spacial score (nSPS) is 12.5. The van der Waals surface area contributed by atoms with E-state index in [4.69, 9.17) is 4.42 Å². The molecule has 126 valence electrons. The van der Waals surface area contributed by atoms with Crippen LogP contribution in [0.25, 0.3) is 11.0 Å². The van der Waals surface area contributed by atoms with Gasteiger partial charge in [0.1, 0.15) is 5.58 Å². The molecule has 2 aromatic carbocycles. The molecular weight excluding hydrogens is 310 g/mol. The van der Waals surface area contributed by atoms with Crippen LogP contribution in [-0.4, -0.2) is 9.78 Å². The van der Waals surface area contributed by atoms with Crippen LogP contribution in [0.3, 0.4) is 0 Å². The molecule has 1 N–H and O–H groups in total. The van der Waals surface area contributed by atoms with Crippen LogP contribution in [0.1, 0.15) is 29.7 Å². The largest absolute Gasteiger partial charge is 0.464 e. The van der Waals surface area contributed by atoms with E-state index in [-0.39, 0.29) is 6.04 Å². The summed E-state index contributed by atoms with van der Waals surface area (Å²) in [7, 11) is 0. The van der Waals surface area contributed by atoms with Crippen molar-refractivity contribution in [2.75, 3.05) is 0 Å². The summed E-state index contributed by atoms with van der Waals surface area (Å²) < 4.78 is 7.37. The standard InChI is InChI=1S/C21H21N3O/c1-16(22-12-18-7-8-21-19(11-18)9-10-25-21)20-13-23-24(15-20)14-17-5-3-2-4-6-17/h2-11,13,15-16,22H,12,14H2,1H3. The highest BCUT2D eigenvalue weighted by atomic mass is 16.3. The van der Waals surface area contributed by atoms with Crippen molar-refractivity contribution in [3.63, 3.8) is 0 Å². The van der Waals surface area contributed by atoms with E-state index in [1.165, 1.54) is 16.7 Å². The van der Waals surface area contributed by atoms with Crippen LogP contribution in [0.4, 0.5) is 0 Å². The second-order valence-corrected chi connectivity index (χ2v) is 6.35. The van der Waals surface area contributed by atoms with Crippen molar-refractivity contribution in [3.8, 4) is 0 Å². The Hall–Kier alpha value is -2.85. The number of hydrogen-bond donors (Lipinski definition) is 1. The van der Waals surface area contributed by atoms with Crippen molar-refractivity contribution < 1.29 is 4.42 Å². The van der Waals surface area contributed by atoms with E-state index in [0.29, 0.717) is 0 Å². The lowest BCUT2D eigenvalue weighted by molar-refractivity contribution is 0.573. The smallest absolute Gasteiger partial charge is 0.133 e. The summed E-state index contributed by atoms with van der Waals surface area (Å²) in [5.41, 5.74) is 4.63. The van der Waals surface area contributed by atoms with E-state index in [1.807, 2.05) is 29.1 Å². The van der Waals surface area contributed by atoms with E-state index in [2.05, 4.69) is 59.9 Å².